The number of carbonyl (C=O) groups excluding carboxylic acids is 1. The molecule has 1 aliphatic heterocycles. The van der Waals surface area contributed by atoms with E-state index in [0.29, 0.717) is 22.9 Å². The third-order valence-electron chi connectivity index (χ3n) is 5.24. The molecule has 2 N–H and O–H groups in total. The minimum Gasteiger partial charge on any atom is -0.497 e. The van der Waals surface area contributed by atoms with E-state index >= 15 is 0 Å². The SMILES string of the molecule is COc1ccc(-c2nc(NC(=O)c3c(-n4cccc4)sc4c3CCSC4)n[nH]2)c(OC)c1. The Labute approximate surface area is 193 Å². The molecule has 32 heavy (non-hydrogen) atoms. The Hall–Kier alpha value is -3.24. The molecule has 0 fully saturated rings. The molecule has 1 amide bonds. The van der Waals surface area contributed by atoms with Gasteiger partial charge in [0.15, 0.2) is 5.82 Å². The Bertz CT molecular complexity index is 1260. The molecule has 164 valence electrons. The lowest BCUT2D eigenvalue weighted by molar-refractivity contribution is 0.102. The zero-order valence-electron chi connectivity index (χ0n) is 17.5. The number of methoxy groups -OCH3 is 2. The van der Waals surface area contributed by atoms with Crippen LogP contribution < -0.4 is 14.8 Å². The monoisotopic (exact) mass is 467 g/mol. The Morgan fingerprint density at radius 2 is 2.06 bits per heavy atom. The Morgan fingerprint density at radius 3 is 2.84 bits per heavy atom. The molecule has 1 aromatic carbocycles. The summed E-state index contributed by atoms with van der Waals surface area (Å²) in [4.78, 5) is 19.1. The number of nitrogens with zero attached hydrogens (tertiary/aromatic N) is 3. The lowest BCUT2D eigenvalue weighted by Gasteiger charge is -2.12. The fraction of sp³-hybridized carbons (Fsp3) is 0.227. The van der Waals surface area contributed by atoms with Gasteiger partial charge in [-0.25, -0.2) is 0 Å². The molecule has 0 atom stereocenters. The molecule has 0 aliphatic carbocycles. The quantitative estimate of drug-likeness (QED) is 0.437. The second kappa shape index (κ2) is 8.71. The highest BCUT2D eigenvalue weighted by molar-refractivity contribution is 7.98. The fourth-order valence-corrected chi connectivity index (χ4v) is 6.14. The number of fused-ring (bicyclic) bond motifs is 1. The highest BCUT2D eigenvalue weighted by atomic mass is 32.2. The normalized spacial score (nSPS) is 12.9. The van der Waals surface area contributed by atoms with Crippen LogP contribution in [0, 0.1) is 0 Å². The van der Waals surface area contributed by atoms with Gasteiger partial charge < -0.3 is 14.0 Å². The van der Waals surface area contributed by atoms with Crippen LogP contribution in [0.3, 0.4) is 0 Å². The van der Waals surface area contributed by atoms with Gasteiger partial charge in [-0.2, -0.15) is 16.7 Å². The largest absolute Gasteiger partial charge is 0.497 e. The minimum atomic E-state index is -0.203. The van der Waals surface area contributed by atoms with Crippen LogP contribution in [0.4, 0.5) is 5.95 Å². The summed E-state index contributed by atoms with van der Waals surface area (Å²) in [5.41, 5.74) is 2.55. The van der Waals surface area contributed by atoms with Gasteiger partial charge in [0.25, 0.3) is 5.91 Å². The van der Waals surface area contributed by atoms with E-state index in [1.807, 2.05) is 53.0 Å². The molecule has 0 spiro atoms. The van der Waals surface area contributed by atoms with Crippen molar-refractivity contribution in [3.8, 4) is 27.9 Å². The summed E-state index contributed by atoms with van der Waals surface area (Å²) >= 11 is 3.57. The Morgan fingerprint density at radius 1 is 1.22 bits per heavy atom. The van der Waals surface area contributed by atoms with Crippen LogP contribution in [0.15, 0.2) is 42.7 Å². The molecule has 0 bridgehead atoms. The summed E-state index contributed by atoms with van der Waals surface area (Å²) in [6, 6.07) is 9.34. The number of thioether (sulfide) groups is 1. The van der Waals surface area contributed by atoms with Gasteiger partial charge in [0, 0.05) is 29.1 Å². The molecule has 0 saturated carbocycles. The standard InChI is InChI=1S/C22H21N5O3S2/c1-29-13-5-6-14(16(11-13)30-2)19-23-22(26-25-19)24-20(28)18-15-7-10-31-12-17(15)32-21(18)27-8-3-4-9-27/h3-6,8-9,11H,7,10,12H2,1-2H3,(H2,23,24,25,26,28). The number of aromatic nitrogens is 4. The first-order chi connectivity index (χ1) is 15.7. The van der Waals surface area contributed by atoms with Crippen LogP contribution in [0.2, 0.25) is 0 Å². The first-order valence-corrected chi connectivity index (χ1v) is 12.0. The number of nitrogens with one attached hydrogen (secondary N) is 2. The van der Waals surface area contributed by atoms with Crippen molar-refractivity contribution >= 4 is 35.0 Å². The Balaban J connectivity index is 1.45. The van der Waals surface area contributed by atoms with Crippen molar-refractivity contribution in [1.29, 1.82) is 0 Å². The predicted molar refractivity (Wildman–Crippen MR) is 126 cm³/mol. The van der Waals surface area contributed by atoms with Crippen LogP contribution in [-0.4, -0.2) is 45.6 Å². The number of benzene rings is 1. The number of H-pyrrole nitrogens is 1. The van der Waals surface area contributed by atoms with Gasteiger partial charge in [0.1, 0.15) is 16.5 Å². The van der Waals surface area contributed by atoms with E-state index in [2.05, 4.69) is 20.5 Å². The molecule has 4 aromatic rings. The van der Waals surface area contributed by atoms with E-state index < -0.39 is 0 Å². The second-order valence-electron chi connectivity index (χ2n) is 7.10. The second-order valence-corrected chi connectivity index (χ2v) is 9.29. The predicted octanol–water partition coefficient (Wildman–Crippen LogP) is 4.38. The molecule has 0 unspecified atom stereocenters. The molecule has 0 radical (unpaired) electrons. The van der Waals surface area contributed by atoms with Crippen molar-refractivity contribution in [2.75, 3.05) is 25.3 Å². The van der Waals surface area contributed by atoms with E-state index in [-0.39, 0.29) is 11.9 Å². The van der Waals surface area contributed by atoms with E-state index in [4.69, 9.17) is 9.47 Å². The lowest BCUT2D eigenvalue weighted by Crippen LogP contribution is -2.17. The van der Waals surface area contributed by atoms with Gasteiger partial charge in [-0.1, -0.05) is 0 Å². The highest BCUT2D eigenvalue weighted by Crippen LogP contribution is 2.38. The van der Waals surface area contributed by atoms with Crippen LogP contribution in [-0.2, 0) is 12.2 Å². The van der Waals surface area contributed by atoms with Gasteiger partial charge >= 0.3 is 0 Å². The van der Waals surface area contributed by atoms with Crippen LogP contribution in [0.5, 0.6) is 11.5 Å². The maximum absolute atomic E-state index is 13.4. The molecule has 4 heterocycles. The number of carbonyl (C=O) groups is 1. The van der Waals surface area contributed by atoms with Gasteiger partial charge in [0.05, 0.1) is 25.3 Å². The maximum atomic E-state index is 13.4. The highest BCUT2D eigenvalue weighted by Gasteiger charge is 2.27. The average molecular weight is 468 g/mol. The number of hydrogen-bond donors (Lipinski definition) is 2. The van der Waals surface area contributed by atoms with Crippen LogP contribution in [0.25, 0.3) is 16.4 Å². The number of thiophene rings is 1. The number of anilines is 1. The summed E-state index contributed by atoms with van der Waals surface area (Å²) in [7, 11) is 3.18. The fourth-order valence-electron chi connectivity index (χ4n) is 3.70. The molecular formula is C22H21N5O3S2. The topological polar surface area (TPSA) is 94.1 Å². The van der Waals surface area contributed by atoms with Crippen molar-refractivity contribution in [2.45, 2.75) is 12.2 Å². The van der Waals surface area contributed by atoms with Gasteiger partial charge in [-0.3, -0.25) is 15.2 Å². The summed E-state index contributed by atoms with van der Waals surface area (Å²) in [6.45, 7) is 0. The molecular weight excluding hydrogens is 446 g/mol. The van der Waals surface area contributed by atoms with E-state index in [1.54, 1.807) is 31.6 Å². The molecule has 5 rings (SSSR count). The van der Waals surface area contributed by atoms with Crippen molar-refractivity contribution in [2.24, 2.45) is 0 Å². The van der Waals surface area contributed by atoms with E-state index in [9.17, 15) is 4.79 Å². The van der Waals surface area contributed by atoms with Crippen molar-refractivity contribution in [3.63, 3.8) is 0 Å². The summed E-state index contributed by atoms with van der Waals surface area (Å²) in [6.07, 6.45) is 4.80. The summed E-state index contributed by atoms with van der Waals surface area (Å²) < 4.78 is 12.7. The van der Waals surface area contributed by atoms with Crippen molar-refractivity contribution in [1.82, 2.24) is 19.7 Å². The number of amides is 1. The zero-order chi connectivity index (χ0) is 22.1. The van der Waals surface area contributed by atoms with Gasteiger partial charge in [0.2, 0.25) is 5.95 Å². The summed E-state index contributed by atoms with van der Waals surface area (Å²) in [5.74, 6) is 3.72. The first kappa shape index (κ1) is 20.7. The third kappa shape index (κ3) is 3.76. The van der Waals surface area contributed by atoms with Crippen molar-refractivity contribution in [3.05, 3.63) is 58.7 Å². The Kier molecular flexibility index (Phi) is 5.62. The number of rotatable bonds is 6. The first-order valence-electron chi connectivity index (χ1n) is 9.99. The molecule has 3 aromatic heterocycles. The maximum Gasteiger partial charge on any atom is 0.261 e. The number of hydrogen-bond acceptors (Lipinski definition) is 7. The number of ether oxygens (including phenoxy) is 2. The molecule has 1 aliphatic rings. The van der Waals surface area contributed by atoms with Crippen molar-refractivity contribution < 1.29 is 14.3 Å². The molecule has 10 heteroatoms. The van der Waals surface area contributed by atoms with E-state index in [0.717, 1.165) is 34.1 Å². The lowest BCUT2D eigenvalue weighted by atomic mass is 10.1. The van der Waals surface area contributed by atoms with Gasteiger partial charge in [-0.05, 0) is 42.0 Å². The smallest absolute Gasteiger partial charge is 0.261 e. The van der Waals surface area contributed by atoms with Crippen LogP contribution >= 0.6 is 23.1 Å². The minimum absolute atomic E-state index is 0.203. The molecule has 0 saturated heterocycles. The number of aromatic amines is 1. The summed E-state index contributed by atoms with van der Waals surface area (Å²) in [5, 5.41) is 10.9. The van der Waals surface area contributed by atoms with Gasteiger partial charge in [-0.15, -0.1) is 16.4 Å². The average Bonchev–Trinajstić information content (AvgIpc) is 3.57. The van der Waals surface area contributed by atoms with Crippen LogP contribution in [0.1, 0.15) is 20.8 Å². The molecule has 8 nitrogen and oxygen atoms in total. The zero-order valence-corrected chi connectivity index (χ0v) is 19.2. The third-order valence-corrected chi connectivity index (χ3v) is 7.66. The van der Waals surface area contributed by atoms with E-state index in [1.165, 1.54) is 4.88 Å².